The number of sulfone groups is 1. The quantitative estimate of drug-likeness (QED) is 0.534. The maximum absolute atomic E-state index is 12.2. The molecule has 8 heteroatoms. The van der Waals surface area contributed by atoms with Crippen LogP contribution in [0.4, 0.5) is 5.69 Å². The van der Waals surface area contributed by atoms with E-state index in [2.05, 4.69) is 9.97 Å². The zero-order valence-electron chi connectivity index (χ0n) is 12.2. The highest BCUT2D eigenvalue weighted by molar-refractivity contribution is 7.94. The van der Waals surface area contributed by atoms with Crippen molar-refractivity contribution in [3.63, 3.8) is 0 Å². The predicted molar refractivity (Wildman–Crippen MR) is 88.9 cm³/mol. The lowest BCUT2D eigenvalue weighted by atomic mass is 10.3. The third-order valence-corrected chi connectivity index (χ3v) is 4.68. The van der Waals surface area contributed by atoms with E-state index in [0.29, 0.717) is 16.7 Å². The summed E-state index contributed by atoms with van der Waals surface area (Å²) in [5.41, 5.74) is 1.61. The number of hydrogen-bond acceptors (Lipinski definition) is 6. The lowest BCUT2D eigenvalue weighted by Gasteiger charge is -2.00. The van der Waals surface area contributed by atoms with Crippen molar-refractivity contribution in [2.24, 2.45) is 0 Å². The van der Waals surface area contributed by atoms with Gasteiger partial charge in [-0.15, -0.1) is 0 Å². The molecule has 0 aliphatic carbocycles. The van der Waals surface area contributed by atoms with Gasteiger partial charge in [-0.2, -0.15) is 0 Å². The average molecular weight is 341 g/mol. The zero-order valence-corrected chi connectivity index (χ0v) is 13.1. The molecule has 0 radical (unpaired) electrons. The molecule has 0 spiro atoms. The van der Waals surface area contributed by atoms with Crippen molar-refractivity contribution in [1.29, 1.82) is 0 Å². The molecule has 1 aromatic heterocycles. The Balaban J connectivity index is 1.89. The molecular formula is C16H11N3O4S. The van der Waals surface area contributed by atoms with E-state index >= 15 is 0 Å². The van der Waals surface area contributed by atoms with Gasteiger partial charge in [-0.3, -0.25) is 15.1 Å². The largest absolute Gasteiger partial charge is 0.269 e. The molecule has 0 fully saturated rings. The van der Waals surface area contributed by atoms with Crippen molar-refractivity contribution >= 4 is 32.6 Å². The maximum Gasteiger partial charge on any atom is 0.269 e. The van der Waals surface area contributed by atoms with Gasteiger partial charge in [-0.25, -0.2) is 13.4 Å². The first-order valence-corrected chi connectivity index (χ1v) is 8.40. The molecule has 2 aromatic carbocycles. The van der Waals surface area contributed by atoms with Crippen LogP contribution >= 0.6 is 0 Å². The molecule has 7 nitrogen and oxygen atoms in total. The van der Waals surface area contributed by atoms with Crippen LogP contribution in [0, 0.1) is 10.1 Å². The Bertz CT molecular complexity index is 1040. The molecule has 24 heavy (non-hydrogen) atoms. The minimum Gasteiger partial charge on any atom is -0.258 e. The summed E-state index contributed by atoms with van der Waals surface area (Å²) >= 11 is 0. The molecule has 0 saturated carbocycles. The normalized spacial score (nSPS) is 11.8. The number of hydrogen-bond donors (Lipinski definition) is 0. The van der Waals surface area contributed by atoms with Crippen LogP contribution in [0.15, 0.2) is 65.0 Å². The SMILES string of the molecule is O=[N+]([O-])c1ccc(S(=O)(=O)/C=C/c2cnc3ccccc3n2)cc1. The van der Waals surface area contributed by atoms with Gasteiger partial charge in [0.1, 0.15) is 0 Å². The highest BCUT2D eigenvalue weighted by Crippen LogP contribution is 2.18. The molecule has 0 N–H and O–H groups in total. The Labute approximate surface area is 137 Å². The summed E-state index contributed by atoms with van der Waals surface area (Å²) < 4.78 is 24.5. The molecule has 3 rings (SSSR count). The summed E-state index contributed by atoms with van der Waals surface area (Å²) in [6, 6.07) is 11.9. The number of benzene rings is 2. The van der Waals surface area contributed by atoms with Crippen LogP contribution in [0.5, 0.6) is 0 Å². The number of nitrogens with zero attached hydrogens (tertiary/aromatic N) is 3. The molecule has 3 aromatic rings. The molecule has 0 amide bonds. The van der Waals surface area contributed by atoms with Crippen molar-refractivity contribution < 1.29 is 13.3 Å². The van der Waals surface area contributed by atoms with Crippen molar-refractivity contribution in [2.45, 2.75) is 4.90 Å². The zero-order chi connectivity index (χ0) is 17.2. The standard InChI is InChI=1S/C16H11N3O4S/c20-19(21)13-5-7-14(8-6-13)24(22,23)10-9-12-11-17-15-3-1-2-4-16(15)18-12/h1-11H/b10-9+. The van der Waals surface area contributed by atoms with Crippen LogP contribution in [0.2, 0.25) is 0 Å². The van der Waals surface area contributed by atoms with Gasteiger partial charge < -0.3 is 0 Å². The van der Waals surface area contributed by atoms with E-state index in [1.165, 1.54) is 24.4 Å². The fourth-order valence-corrected chi connectivity index (χ4v) is 3.04. The molecule has 0 bridgehead atoms. The fraction of sp³-hybridized carbons (Fsp3) is 0. The molecule has 120 valence electrons. The van der Waals surface area contributed by atoms with Crippen LogP contribution < -0.4 is 0 Å². The van der Waals surface area contributed by atoms with Gasteiger partial charge in [-0.05, 0) is 30.3 Å². The van der Waals surface area contributed by atoms with Crippen LogP contribution in [-0.2, 0) is 9.84 Å². The number of para-hydroxylation sites is 2. The van der Waals surface area contributed by atoms with Crippen LogP contribution in [0.3, 0.4) is 0 Å². The van der Waals surface area contributed by atoms with Gasteiger partial charge in [0, 0.05) is 17.5 Å². The highest BCUT2D eigenvalue weighted by atomic mass is 32.2. The molecule has 0 saturated heterocycles. The van der Waals surface area contributed by atoms with E-state index in [9.17, 15) is 18.5 Å². The van der Waals surface area contributed by atoms with Crippen molar-refractivity contribution in [2.75, 3.05) is 0 Å². The number of aromatic nitrogens is 2. The minimum absolute atomic E-state index is 0.0295. The summed E-state index contributed by atoms with van der Waals surface area (Å²) in [5.74, 6) is 0. The van der Waals surface area contributed by atoms with Crippen molar-refractivity contribution in [3.05, 3.63) is 75.9 Å². The number of rotatable bonds is 4. The number of nitro groups is 1. The van der Waals surface area contributed by atoms with E-state index in [4.69, 9.17) is 0 Å². The topological polar surface area (TPSA) is 103 Å². The van der Waals surface area contributed by atoms with E-state index in [1.807, 2.05) is 18.2 Å². The summed E-state index contributed by atoms with van der Waals surface area (Å²) in [5, 5.41) is 11.6. The minimum atomic E-state index is -3.73. The Hall–Kier alpha value is -3.13. The van der Waals surface area contributed by atoms with Gasteiger partial charge in [0.15, 0.2) is 9.84 Å². The summed E-state index contributed by atoms with van der Waals surface area (Å²) in [4.78, 5) is 18.5. The molecule has 0 atom stereocenters. The third-order valence-electron chi connectivity index (χ3n) is 3.26. The number of nitro benzene ring substituents is 1. The second-order valence-electron chi connectivity index (χ2n) is 4.88. The molecular weight excluding hydrogens is 330 g/mol. The van der Waals surface area contributed by atoms with Gasteiger partial charge in [0.05, 0.1) is 32.7 Å². The van der Waals surface area contributed by atoms with E-state index in [-0.39, 0.29) is 10.6 Å². The number of non-ortho nitro benzene ring substituents is 1. The Kier molecular flexibility index (Phi) is 4.05. The van der Waals surface area contributed by atoms with Crippen LogP contribution in [0.1, 0.15) is 5.69 Å². The number of fused-ring (bicyclic) bond motifs is 1. The first-order valence-electron chi connectivity index (χ1n) is 6.85. The van der Waals surface area contributed by atoms with Gasteiger partial charge in [-0.1, -0.05) is 12.1 Å². The van der Waals surface area contributed by atoms with Gasteiger partial charge in [0.25, 0.3) is 5.69 Å². The van der Waals surface area contributed by atoms with E-state index < -0.39 is 14.8 Å². The summed E-state index contributed by atoms with van der Waals surface area (Å²) in [6.07, 6.45) is 2.82. The molecule has 0 unspecified atom stereocenters. The first-order chi connectivity index (χ1) is 11.5. The van der Waals surface area contributed by atoms with Crippen molar-refractivity contribution in [3.8, 4) is 0 Å². The van der Waals surface area contributed by atoms with Gasteiger partial charge >= 0.3 is 0 Å². The fourth-order valence-electron chi connectivity index (χ4n) is 2.05. The molecule has 1 heterocycles. The molecule has 0 aliphatic heterocycles. The predicted octanol–water partition coefficient (Wildman–Crippen LogP) is 2.98. The Morgan fingerprint density at radius 1 is 1.00 bits per heavy atom. The Morgan fingerprint density at radius 2 is 1.67 bits per heavy atom. The summed E-state index contributed by atoms with van der Waals surface area (Å²) in [6.45, 7) is 0. The maximum atomic E-state index is 12.2. The lowest BCUT2D eigenvalue weighted by molar-refractivity contribution is -0.384. The van der Waals surface area contributed by atoms with Crippen LogP contribution in [-0.4, -0.2) is 23.3 Å². The first kappa shape index (κ1) is 15.8. The third kappa shape index (κ3) is 3.28. The van der Waals surface area contributed by atoms with E-state index in [0.717, 1.165) is 17.5 Å². The van der Waals surface area contributed by atoms with Gasteiger partial charge in [0.2, 0.25) is 0 Å². The Morgan fingerprint density at radius 3 is 2.33 bits per heavy atom. The lowest BCUT2D eigenvalue weighted by Crippen LogP contribution is -1.97. The smallest absolute Gasteiger partial charge is 0.258 e. The second kappa shape index (κ2) is 6.17. The van der Waals surface area contributed by atoms with Crippen LogP contribution in [0.25, 0.3) is 17.1 Å². The van der Waals surface area contributed by atoms with E-state index in [1.54, 1.807) is 6.07 Å². The monoisotopic (exact) mass is 341 g/mol. The summed E-state index contributed by atoms with van der Waals surface area (Å²) in [7, 11) is -3.73. The second-order valence-corrected chi connectivity index (χ2v) is 6.72. The highest BCUT2D eigenvalue weighted by Gasteiger charge is 2.13. The molecule has 0 aliphatic rings. The van der Waals surface area contributed by atoms with Crippen molar-refractivity contribution in [1.82, 2.24) is 9.97 Å². The average Bonchev–Trinajstić information content (AvgIpc) is 2.60.